The van der Waals surface area contributed by atoms with E-state index in [-0.39, 0.29) is 0 Å². The fraction of sp³-hybridized carbons (Fsp3) is 0.348. The summed E-state index contributed by atoms with van der Waals surface area (Å²) in [4.78, 5) is 11.5. The van der Waals surface area contributed by atoms with Crippen molar-refractivity contribution in [2.24, 2.45) is 4.99 Å². The van der Waals surface area contributed by atoms with Crippen LogP contribution in [0.3, 0.4) is 0 Å². The second-order valence-corrected chi connectivity index (χ2v) is 8.78. The third-order valence-electron chi connectivity index (χ3n) is 5.17. The fourth-order valence-corrected chi connectivity index (χ4v) is 4.12. The number of likely N-dealkylation sites (tertiary alicyclic amines) is 1. The lowest BCUT2D eigenvalue weighted by atomic mass is 10.1. The monoisotopic (exact) mass is 440 g/mol. The Labute approximate surface area is 186 Å². The van der Waals surface area contributed by atoms with Gasteiger partial charge in [-0.1, -0.05) is 23.7 Å². The van der Waals surface area contributed by atoms with Gasteiger partial charge in [0.15, 0.2) is 5.82 Å². The van der Waals surface area contributed by atoms with Crippen LogP contribution in [-0.4, -0.2) is 33.7 Å². The molecule has 1 aliphatic rings. The maximum Gasteiger partial charge on any atom is 0.298 e. The summed E-state index contributed by atoms with van der Waals surface area (Å²) >= 11 is 7.22. The molecule has 0 aliphatic carbocycles. The quantitative estimate of drug-likeness (QED) is 0.331. The highest BCUT2D eigenvalue weighted by Crippen LogP contribution is 2.32. The molecule has 1 aromatic heterocycles. The topological polar surface area (TPSA) is 50.6 Å². The summed E-state index contributed by atoms with van der Waals surface area (Å²) in [6, 6.07) is 11.8. The fourth-order valence-electron chi connectivity index (χ4n) is 3.43. The van der Waals surface area contributed by atoms with E-state index in [1.807, 2.05) is 43.6 Å². The van der Waals surface area contributed by atoms with Crippen molar-refractivity contribution in [2.45, 2.75) is 39.5 Å². The molecule has 2 aromatic carbocycles. The van der Waals surface area contributed by atoms with E-state index in [0.717, 1.165) is 52.1 Å². The zero-order valence-corrected chi connectivity index (χ0v) is 18.8. The lowest BCUT2D eigenvalue weighted by Crippen LogP contribution is -2.28. The number of halogens is 1. The number of hydrogen-bond donors (Lipinski definition) is 0. The van der Waals surface area contributed by atoms with Crippen LogP contribution < -0.4 is 4.74 Å². The van der Waals surface area contributed by atoms with E-state index in [4.69, 9.17) is 21.3 Å². The number of aliphatic imine (C=N–C) groups is 1. The minimum absolute atomic E-state index is 0.547. The average Bonchev–Trinajstić information content (AvgIpc) is 3.19. The van der Waals surface area contributed by atoms with Crippen LogP contribution in [0.15, 0.2) is 41.4 Å². The third kappa shape index (κ3) is 5.37. The van der Waals surface area contributed by atoms with E-state index in [9.17, 15) is 0 Å². The molecule has 5 nitrogen and oxygen atoms in total. The van der Waals surface area contributed by atoms with Gasteiger partial charge in [-0.3, -0.25) is 0 Å². The average molecular weight is 441 g/mol. The first-order chi connectivity index (χ1) is 14.6. The molecule has 4 rings (SSSR count). The zero-order valence-electron chi connectivity index (χ0n) is 17.3. The molecule has 1 saturated heterocycles. The van der Waals surface area contributed by atoms with Crippen molar-refractivity contribution in [3.8, 4) is 10.9 Å². The third-order valence-corrected chi connectivity index (χ3v) is 6.05. The molecule has 0 radical (unpaired) electrons. The van der Waals surface area contributed by atoms with Crippen LogP contribution in [-0.2, 0) is 6.42 Å². The molecular formula is C23H25ClN4OS. The van der Waals surface area contributed by atoms with Gasteiger partial charge >= 0.3 is 0 Å². The Balaban J connectivity index is 1.43. The second kappa shape index (κ2) is 9.58. The van der Waals surface area contributed by atoms with E-state index in [2.05, 4.69) is 27.2 Å². The van der Waals surface area contributed by atoms with Gasteiger partial charge in [0.25, 0.3) is 5.19 Å². The normalized spacial score (nSPS) is 14.4. The van der Waals surface area contributed by atoms with Crippen molar-refractivity contribution in [2.75, 3.05) is 13.1 Å². The van der Waals surface area contributed by atoms with Gasteiger partial charge in [0.1, 0.15) is 5.75 Å². The van der Waals surface area contributed by atoms with E-state index < -0.39 is 0 Å². The molecule has 0 saturated carbocycles. The number of hydrogen-bond acceptors (Lipinski definition) is 5. The summed E-state index contributed by atoms with van der Waals surface area (Å²) < 4.78 is 10.5. The molecule has 1 aliphatic heterocycles. The summed E-state index contributed by atoms with van der Waals surface area (Å²) in [7, 11) is 0. The minimum atomic E-state index is 0.547. The SMILES string of the molecule is Cc1cc(Oc2nc(Cc3ccc(Cl)cc3)ns2)c(C)cc1/N=C\N1CCCCC1. The van der Waals surface area contributed by atoms with Crippen LogP contribution in [0, 0.1) is 13.8 Å². The van der Waals surface area contributed by atoms with Crippen LogP contribution in [0.5, 0.6) is 10.9 Å². The first kappa shape index (κ1) is 20.8. The molecule has 0 spiro atoms. The van der Waals surface area contributed by atoms with Gasteiger partial charge in [0.05, 0.1) is 12.0 Å². The van der Waals surface area contributed by atoms with Gasteiger partial charge in [0.2, 0.25) is 0 Å². The first-order valence-electron chi connectivity index (χ1n) is 10.2. The molecule has 2 heterocycles. The number of piperidine rings is 1. The Hall–Kier alpha value is -2.44. The maximum atomic E-state index is 6.04. The lowest BCUT2D eigenvalue weighted by Gasteiger charge is -2.23. The van der Waals surface area contributed by atoms with Gasteiger partial charge in [-0.15, -0.1) is 0 Å². The summed E-state index contributed by atoms with van der Waals surface area (Å²) in [5.74, 6) is 1.54. The van der Waals surface area contributed by atoms with Crippen molar-refractivity contribution in [1.29, 1.82) is 0 Å². The number of aromatic nitrogens is 2. The van der Waals surface area contributed by atoms with Gasteiger partial charge in [-0.2, -0.15) is 9.36 Å². The van der Waals surface area contributed by atoms with Crippen molar-refractivity contribution in [1.82, 2.24) is 14.3 Å². The Morgan fingerprint density at radius 2 is 1.87 bits per heavy atom. The van der Waals surface area contributed by atoms with Gasteiger partial charge in [-0.25, -0.2) is 4.99 Å². The molecule has 3 aromatic rings. The van der Waals surface area contributed by atoms with Crippen LogP contribution in [0.25, 0.3) is 0 Å². The predicted molar refractivity (Wildman–Crippen MR) is 124 cm³/mol. The Morgan fingerprint density at radius 1 is 1.10 bits per heavy atom. The number of ether oxygens (including phenoxy) is 1. The Morgan fingerprint density at radius 3 is 2.63 bits per heavy atom. The van der Waals surface area contributed by atoms with E-state index in [1.165, 1.54) is 30.8 Å². The molecule has 30 heavy (non-hydrogen) atoms. The van der Waals surface area contributed by atoms with Gasteiger partial charge in [-0.05, 0) is 74.1 Å². The summed E-state index contributed by atoms with van der Waals surface area (Å²) in [5.41, 5.74) is 4.20. The van der Waals surface area contributed by atoms with Crippen molar-refractivity contribution in [3.05, 3.63) is 63.9 Å². The maximum absolute atomic E-state index is 6.04. The summed E-state index contributed by atoms with van der Waals surface area (Å²) in [6.45, 7) is 6.28. The Bertz CT molecular complexity index is 1030. The molecule has 1 fully saturated rings. The number of nitrogens with zero attached hydrogens (tertiary/aromatic N) is 4. The van der Waals surface area contributed by atoms with Gasteiger partial charge < -0.3 is 9.64 Å². The number of benzene rings is 2. The number of rotatable bonds is 6. The minimum Gasteiger partial charge on any atom is -0.430 e. The molecule has 7 heteroatoms. The highest BCUT2D eigenvalue weighted by molar-refractivity contribution is 7.07. The standard InChI is InChI=1S/C23H25ClN4OS/c1-16-13-21(17(2)12-20(16)25-15-28-10-4-3-5-11-28)29-23-26-22(27-30-23)14-18-6-8-19(24)9-7-18/h6-9,12-13,15H,3-5,10-11,14H2,1-2H3/b25-15-. The molecule has 0 atom stereocenters. The predicted octanol–water partition coefficient (Wildman–Crippen LogP) is 6.34. The Kier molecular flexibility index (Phi) is 6.65. The van der Waals surface area contributed by atoms with Crippen molar-refractivity contribution in [3.63, 3.8) is 0 Å². The van der Waals surface area contributed by atoms with Crippen molar-refractivity contribution < 1.29 is 4.74 Å². The highest BCUT2D eigenvalue weighted by Gasteiger charge is 2.12. The zero-order chi connectivity index (χ0) is 20.9. The van der Waals surface area contributed by atoms with E-state index >= 15 is 0 Å². The molecule has 156 valence electrons. The second-order valence-electron chi connectivity index (χ2n) is 7.63. The molecule has 0 N–H and O–H groups in total. The largest absolute Gasteiger partial charge is 0.430 e. The van der Waals surface area contributed by atoms with E-state index in [1.54, 1.807) is 0 Å². The molecule has 0 unspecified atom stereocenters. The van der Waals surface area contributed by atoms with Crippen LogP contribution >= 0.6 is 23.1 Å². The highest BCUT2D eigenvalue weighted by atomic mass is 35.5. The van der Waals surface area contributed by atoms with Crippen LogP contribution in [0.4, 0.5) is 5.69 Å². The number of aryl methyl sites for hydroxylation is 2. The smallest absolute Gasteiger partial charge is 0.298 e. The summed E-state index contributed by atoms with van der Waals surface area (Å²) in [6.07, 6.45) is 6.45. The molecular weight excluding hydrogens is 416 g/mol. The van der Waals surface area contributed by atoms with Gasteiger partial charge in [0, 0.05) is 36.1 Å². The van der Waals surface area contributed by atoms with Crippen LogP contribution in [0.1, 0.15) is 41.8 Å². The van der Waals surface area contributed by atoms with Crippen LogP contribution in [0.2, 0.25) is 5.02 Å². The lowest BCUT2D eigenvalue weighted by molar-refractivity contribution is 0.351. The first-order valence-corrected chi connectivity index (χ1v) is 11.4. The van der Waals surface area contributed by atoms with E-state index in [0.29, 0.717) is 11.6 Å². The summed E-state index contributed by atoms with van der Waals surface area (Å²) in [5, 5.41) is 1.27. The molecule has 0 bridgehead atoms. The molecule has 0 amide bonds. The van der Waals surface area contributed by atoms with Crippen molar-refractivity contribution >= 4 is 35.2 Å².